The van der Waals surface area contributed by atoms with Crippen molar-refractivity contribution in [3.63, 3.8) is 0 Å². The first kappa shape index (κ1) is 19.6. The summed E-state index contributed by atoms with van der Waals surface area (Å²) in [5, 5.41) is 30.9. The van der Waals surface area contributed by atoms with E-state index in [9.17, 15) is 15.3 Å². The fraction of sp³-hybridized carbons (Fsp3) is 0.800. The maximum atomic E-state index is 10.7. The molecule has 0 aliphatic carbocycles. The largest absolute Gasteiger partial charge is 0.392 e. The highest BCUT2D eigenvalue weighted by Crippen LogP contribution is 2.46. The first-order chi connectivity index (χ1) is 11.1. The topological polar surface area (TPSA) is 69.9 Å². The van der Waals surface area contributed by atoms with Crippen molar-refractivity contribution in [1.29, 1.82) is 0 Å². The highest BCUT2D eigenvalue weighted by Gasteiger charge is 2.50. The van der Waals surface area contributed by atoms with Crippen LogP contribution in [0.4, 0.5) is 0 Å². The van der Waals surface area contributed by atoms with Gasteiger partial charge in [-0.05, 0) is 63.9 Å². The second-order valence-electron chi connectivity index (χ2n) is 8.33. The first-order valence-corrected chi connectivity index (χ1v) is 9.22. The Labute approximate surface area is 146 Å². The summed E-state index contributed by atoms with van der Waals surface area (Å²) < 4.78 is 6.46. The zero-order valence-corrected chi connectivity index (χ0v) is 15.6. The summed E-state index contributed by atoms with van der Waals surface area (Å²) in [6.07, 6.45) is 9.47. The molecule has 0 aromatic carbocycles. The first-order valence-electron chi connectivity index (χ1n) is 9.22. The average Bonchev–Trinajstić information content (AvgIpc) is 2.88. The van der Waals surface area contributed by atoms with Crippen molar-refractivity contribution in [1.82, 2.24) is 0 Å². The molecule has 4 atom stereocenters. The van der Waals surface area contributed by atoms with Gasteiger partial charge in [0.05, 0.1) is 29.5 Å². The van der Waals surface area contributed by atoms with E-state index in [4.69, 9.17) is 4.74 Å². The molecule has 138 valence electrons. The Morgan fingerprint density at radius 2 is 1.92 bits per heavy atom. The van der Waals surface area contributed by atoms with Crippen LogP contribution in [-0.2, 0) is 4.74 Å². The molecule has 2 aliphatic rings. The Balaban J connectivity index is 2.34. The van der Waals surface area contributed by atoms with Crippen molar-refractivity contribution in [2.45, 2.75) is 89.1 Å². The van der Waals surface area contributed by atoms with Gasteiger partial charge in [-0.3, -0.25) is 0 Å². The third-order valence-corrected chi connectivity index (χ3v) is 5.87. The van der Waals surface area contributed by atoms with Crippen molar-refractivity contribution >= 4 is 0 Å². The number of rotatable bonds is 2. The van der Waals surface area contributed by atoms with Gasteiger partial charge in [-0.25, -0.2) is 0 Å². The van der Waals surface area contributed by atoms with E-state index in [-0.39, 0.29) is 12.5 Å². The Hall–Kier alpha value is -0.680. The van der Waals surface area contributed by atoms with Crippen LogP contribution in [0, 0.1) is 5.92 Å². The second kappa shape index (κ2) is 7.28. The zero-order chi connectivity index (χ0) is 18.0. The number of ether oxygens (including phenoxy) is 1. The third-order valence-electron chi connectivity index (χ3n) is 5.87. The third kappa shape index (κ3) is 4.29. The Morgan fingerprint density at radius 3 is 2.54 bits per heavy atom. The summed E-state index contributed by atoms with van der Waals surface area (Å²) >= 11 is 0. The number of aliphatic hydroxyl groups is 3. The summed E-state index contributed by atoms with van der Waals surface area (Å²) in [6, 6.07) is 0. The molecule has 0 radical (unpaired) electrons. The van der Waals surface area contributed by atoms with Crippen LogP contribution in [0.3, 0.4) is 0 Å². The summed E-state index contributed by atoms with van der Waals surface area (Å²) in [6.45, 7) is 8.04. The van der Waals surface area contributed by atoms with E-state index in [0.717, 1.165) is 18.4 Å². The summed E-state index contributed by atoms with van der Waals surface area (Å²) in [4.78, 5) is 0. The number of fused-ring (bicyclic) bond motifs is 2. The normalized spacial score (nSPS) is 41.5. The molecule has 2 aliphatic heterocycles. The Kier molecular flexibility index (Phi) is 5.96. The zero-order valence-electron chi connectivity index (χ0n) is 15.6. The summed E-state index contributed by atoms with van der Waals surface area (Å²) in [7, 11) is 0. The van der Waals surface area contributed by atoms with Gasteiger partial charge >= 0.3 is 0 Å². The van der Waals surface area contributed by atoms with E-state index in [1.807, 2.05) is 32.1 Å². The molecule has 2 bridgehead atoms. The molecule has 2 heterocycles. The molecular weight excluding hydrogens is 304 g/mol. The molecule has 3 N–H and O–H groups in total. The molecule has 4 nitrogen and oxygen atoms in total. The molecule has 1 saturated heterocycles. The van der Waals surface area contributed by atoms with Crippen molar-refractivity contribution in [2.75, 3.05) is 6.61 Å². The SMILES string of the molecule is CC(C)[C@]12C=C[C@@](C)(O)CCC=C(CO)CC[C@H](O)[C@](C)(CC1)O2. The van der Waals surface area contributed by atoms with Crippen LogP contribution in [0.2, 0.25) is 0 Å². The summed E-state index contributed by atoms with van der Waals surface area (Å²) in [5.41, 5.74) is -1.02. The molecule has 0 unspecified atom stereocenters. The molecular formula is C20H34O4. The van der Waals surface area contributed by atoms with E-state index < -0.39 is 22.9 Å². The van der Waals surface area contributed by atoms with Gasteiger partial charge in [-0.15, -0.1) is 0 Å². The van der Waals surface area contributed by atoms with Crippen molar-refractivity contribution in [2.24, 2.45) is 5.92 Å². The van der Waals surface area contributed by atoms with Gasteiger partial charge in [-0.1, -0.05) is 32.1 Å². The minimum absolute atomic E-state index is 0.00178. The molecule has 0 aromatic heterocycles. The Bertz CT molecular complexity index is 494. The maximum Gasteiger partial charge on any atom is 0.0925 e. The van der Waals surface area contributed by atoms with Gasteiger partial charge in [0.15, 0.2) is 0 Å². The van der Waals surface area contributed by atoms with E-state index in [1.54, 1.807) is 0 Å². The predicted octanol–water partition coefficient (Wildman–Crippen LogP) is 3.11. The van der Waals surface area contributed by atoms with Gasteiger partial charge < -0.3 is 20.1 Å². The lowest BCUT2D eigenvalue weighted by Crippen LogP contribution is -2.44. The minimum Gasteiger partial charge on any atom is -0.392 e. The lowest BCUT2D eigenvalue weighted by molar-refractivity contribution is -0.145. The molecule has 0 saturated carbocycles. The van der Waals surface area contributed by atoms with E-state index in [2.05, 4.69) is 13.8 Å². The van der Waals surface area contributed by atoms with Gasteiger partial charge in [0.2, 0.25) is 0 Å². The van der Waals surface area contributed by atoms with Crippen LogP contribution < -0.4 is 0 Å². The molecule has 0 aromatic rings. The molecule has 0 spiro atoms. The predicted molar refractivity (Wildman–Crippen MR) is 95.7 cm³/mol. The maximum absolute atomic E-state index is 10.7. The van der Waals surface area contributed by atoms with Crippen LogP contribution >= 0.6 is 0 Å². The Morgan fingerprint density at radius 1 is 1.21 bits per heavy atom. The van der Waals surface area contributed by atoms with Gasteiger partial charge in [-0.2, -0.15) is 0 Å². The van der Waals surface area contributed by atoms with Crippen molar-refractivity contribution < 1.29 is 20.1 Å². The quantitative estimate of drug-likeness (QED) is 0.677. The number of allylic oxidation sites excluding steroid dienone is 1. The van der Waals surface area contributed by atoms with E-state index in [1.165, 1.54) is 0 Å². The molecule has 4 heteroatoms. The average molecular weight is 338 g/mol. The number of aliphatic hydroxyl groups excluding tert-OH is 2. The molecule has 24 heavy (non-hydrogen) atoms. The minimum atomic E-state index is -0.909. The lowest BCUT2D eigenvalue weighted by Gasteiger charge is -2.37. The monoisotopic (exact) mass is 338 g/mol. The van der Waals surface area contributed by atoms with Crippen LogP contribution in [-0.4, -0.2) is 44.8 Å². The smallest absolute Gasteiger partial charge is 0.0925 e. The highest BCUT2D eigenvalue weighted by molar-refractivity contribution is 5.16. The number of hydrogen-bond acceptors (Lipinski definition) is 4. The molecule has 1 fully saturated rings. The van der Waals surface area contributed by atoms with Crippen LogP contribution in [0.25, 0.3) is 0 Å². The fourth-order valence-electron chi connectivity index (χ4n) is 3.78. The van der Waals surface area contributed by atoms with E-state index in [0.29, 0.717) is 25.7 Å². The van der Waals surface area contributed by atoms with Crippen LogP contribution in [0.15, 0.2) is 23.8 Å². The van der Waals surface area contributed by atoms with Gasteiger partial charge in [0, 0.05) is 0 Å². The van der Waals surface area contributed by atoms with Crippen molar-refractivity contribution in [3.8, 4) is 0 Å². The van der Waals surface area contributed by atoms with Gasteiger partial charge in [0.25, 0.3) is 0 Å². The molecule has 0 amide bonds. The van der Waals surface area contributed by atoms with Crippen molar-refractivity contribution in [3.05, 3.63) is 23.8 Å². The highest BCUT2D eigenvalue weighted by atomic mass is 16.5. The number of hydrogen-bond donors (Lipinski definition) is 3. The fourth-order valence-corrected chi connectivity index (χ4v) is 3.78. The van der Waals surface area contributed by atoms with E-state index >= 15 is 0 Å². The van der Waals surface area contributed by atoms with Crippen LogP contribution in [0.5, 0.6) is 0 Å². The standard InChI is InChI=1S/C20H34O4/c1-15(2)20-12-10-18(3,23)9-5-6-16(14-21)7-8-17(22)19(4,24-20)11-13-20/h6,10,12,15,17,21-23H,5,7-9,11,13-14H2,1-4H3/t17-,18-,19-,20-/m0/s1. The molecule has 2 rings (SSSR count). The lowest BCUT2D eigenvalue weighted by atomic mass is 9.83. The second-order valence-corrected chi connectivity index (χ2v) is 8.33. The summed E-state index contributed by atoms with van der Waals surface area (Å²) in [5.74, 6) is 0.259. The van der Waals surface area contributed by atoms with Crippen LogP contribution in [0.1, 0.15) is 66.2 Å². The van der Waals surface area contributed by atoms with Gasteiger partial charge in [0.1, 0.15) is 0 Å².